The number of aromatic nitrogens is 2. The first kappa shape index (κ1) is 19.4. The molecule has 0 saturated carbocycles. The minimum atomic E-state index is -3.49. The molecular weight excluding hydrogens is 379 g/mol. The quantitative estimate of drug-likeness (QED) is 0.724. The van der Waals surface area contributed by atoms with Crippen molar-refractivity contribution in [2.45, 2.75) is 13.0 Å². The molecule has 2 aromatic rings. The summed E-state index contributed by atoms with van der Waals surface area (Å²) in [6.07, 6.45) is -0.168. The van der Waals surface area contributed by atoms with Crippen molar-refractivity contribution < 1.29 is 26.9 Å². The fraction of sp³-hybridized carbons (Fsp3) is 0.438. The number of carbonyl (C=O) groups is 1. The van der Waals surface area contributed by atoms with Crippen LogP contribution < -0.4 is 5.32 Å². The zero-order valence-electron chi connectivity index (χ0n) is 14.4. The molecule has 1 aromatic heterocycles. The Hall–Kier alpha value is -2.37. The molecule has 1 aliphatic rings. The van der Waals surface area contributed by atoms with Crippen LogP contribution in [0.1, 0.15) is 12.3 Å². The molecule has 146 valence electrons. The van der Waals surface area contributed by atoms with Crippen LogP contribution in [0.2, 0.25) is 0 Å². The fourth-order valence-corrected chi connectivity index (χ4v) is 3.89. The highest BCUT2D eigenvalue weighted by atomic mass is 32.2. The molecule has 27 heavy (non-hydrogen) atoms. The molecule has 1 N–H and O–H groups in total. The normalized spacial score (nSPS) is 15.6. The smallest absolute Gasteiger partial charge is 0.246 e. The molecule has 0 bridgehead atoms. The van der Waals surface area contributed by atoms with E-state index in [1.165, 1.54) is 28.6 Å². The van der Waals surface area contributed by atoms with Crippen molar-refractivity contribution in [3.05, 3.63) is 36.0 Å². The summed E-state index contributed by atoms with van der Waals surface area (Å²) in [6.45, 7) is 1.30. The second-order valence-corrected chi connectivity index (χ2v) is 7.96. The van der Waals surface area contributed by atoms with Gasteiger partial charge in [-0.15, -0.1) is 0 Å². The summed E-state index contributed by atoms with van der Waals surface area (Å²) in [5, 5.41) is 6.31. The molecule has 1 fully saturated rings. The highest BCUT2D eigenvalue weighted by molar-refractivity contribution is 7.89. The third-order valence-electron chi connectivity index (χ3n) is 3.96. The zero-order chi connectivity index (χ0) is 19.3. The largest absolute Gasteiger partial charge is 0.379 e. The summed E-state index contributed by atoms with van der Waals surface area (Å²) in [5.74, 6) is -0.647. The molecule has 11 heteroatoms. The number of benzene rings is 1. The molecule has 1 aromatic carbocycles. The van der Waals surface area contributed by atoms with Gasteiger partial charge in [-0.1, -0.05) is 5.16 Å². The van der Waals surface area contributed by atoms with Crippen LogP contribution in [0, 0.1) is 5.82 Å². The van der Waals surface area contributed by atoms with Crippen LogP contribution in [0.5, 0.6) is 0 Å². The Morgan fingerprint density at radius 2 is 1.93 bits per heavy atom. The summed E-state index contributed by atoms with van der Waals surface area (Å²) in [4.78, 5) is 16.0. The predicted octanol–water partition coefficient (Wildman–Crippen LogP) is 0.544. The number of halogens is 1. The van der Waals surface area contributed by atoms with Crippen molar-refractivity contribution in [1.82, 2.24) is 19.8 Å². The molecule has 0 unspecified atom stereocenters. The Morgan fingerprint density at radius 3 is 2.63 bits per heavy atom. The number of sulfonamides is 1. The van der Waals surface area contributed by atoms with E-state index in [0.717, 1.165) is 0 Å². The molecular formula is C16H19FN4O5S. The van der Waals surface area contributed by atoms with Crippen LogP contribution >= 0.6 is 0 Å². The van der Waals surface area contributed by atoms with E-state index in [1.807, 2.05) is 0 Å². The van der Waals surface area contributed by atoms with E-state index in [4.69, 9.17) is 9.26 Å². The number of carbonyl (C=O) groups excluding carboxylic acids is 1. The molecule has 2 heterocycles. The summed E-state index contributed by atoms with van der Waals surface area (Å²) >= 11 is 0. The van der Waals surface area contributed by atoms with Crippen molar-refractivity contribution >= 4 is 15.9 Å². The second kappa shape index (κ2) is 8.55. The fourth-order valence-electron chi connectivity index (χ4n) is 2.48. The summed E-state index contributed by atoms with van der Waals surface area (Å²) < 4.78 is 48.8. The lowest BCUT2D eigenvalue weighted by Crippen LogP contribution is -2.42. The van der Waals surface area contributed by atoms with Crippen LogP contribution in [0.4, 0.5) is 4.39 Å². The Balaban J connectivity index is 1.47. The summed E-state index contributed by atoms with van der Waals surface area (Å²) in [6, 6.07) is 5.59. The maximum atomic E-state index is 12.9. The second-order valence-electron chi connectivity index (χ2n) is 5.87. The first-order valence-corrected chi connectivity index (χ1v) is 9.96. The van der Waals surface area contributed by atoms with E-state index in [1.54, 1.807) is 0 Å². The maximum Gasteiger partial charge on any atom is 0.246 e. The Bertz CT molecular complexity index is 878. The SMILES string of the molecule is O=C(CCS(=O)(=O)N1CCOCC1)NCc1nc(-c2ccc(F)cc2)no1. The predicted molar refractivity (Wildman–Crippen MR) is 92.3 cm³/mol. The van der Waals surface area contributed by atoms with Crippen LogP contribution in [0.15, 0.2) is 28.8 Å². The van der Waals surface area contributed by atoms with Gasteiger partial charge in [0, 0.05) is 25.1 Å². The lowest BCUT2D eigenvalue weighted by Gasteiger charge is -2.25. The Labute approximate surface area is 155 Å². The average molecular weight is 398 g/mol. The van der Waals surface area contributed by atoms with Crippen LogP contribution in [0.25, 0.3) is 11.4 Å². The van der Waals surface area contributed by atoms with Crippen LogP contribution in [-0.4, -0.2) is 60.8 Å². The topological polar surface area (TPSA) is 115 Å². The highest BCUT2D eigenvalue weighted by Gasteiger charge is 2.24. The van der Waals surface area contributed by atoms with E-state index in [2.05, 4.69) is 15.5 Å². The number of rotatable bonds is 7. The zero-order valence-corrected chi connectivity index (χ0v) is 15.2. The van der Waals surface area contributed by atoms with Gasteiger partial charge in [0.25, 0.3) is 0 Å². The number of amides is 1. The Kier molecular flexibility index (Phi) is 6.14. The summed E-state index contributed by atoms with van der Waals surface area (Å²) in [5.41, 5.74) is 0.578. The van der Waals surface area contributed by atoms with Gasteiger partial charge < -0.3 is 14.6 Å². The van der Waals surface area contributed by atoms with Crippen LogP contribution in [-0.2, 0) is 26.1 Å². The van der Waals surface area contributed by atoms with Crippen LogP contribution in [0.3, 0.4) is 0 Å². The number of nitrogens with zero attached hydrogens (tertiary/aromatic N) is 3. The maximum absolute atomic E-state index is 12.9. The van der Waals surface area contributed by atoms with Gasteiger partial charge in [-0.3, -0.25) is 4.79 Å². The van der Waals surface area contributed by atoms with Crippen molar-refractivity contribution in [3.8, 4) is 11.4 Å². The molecule has 0 spiro atoms. The molecule has 0 aliphatic carbocycles. The average Bonchev–Trinajstić information content (AvgIpc) is 3.15. The molecule has 1 amide bonds. The number of hydrogen-bond donors (Lipinski definition) is 1. The van der Waals surface area contributed by atoms with Gasteiger partial charge in [0.05, 0.1) is 25.5 Å². The van der Waals surface area contributed by atoms with Gasteiger partial charge in [-0.05, 0) is 24.3 Å². The van der Waals surface area contributed by atoms with Crippen molar-refractivity contribution in [1.29, 1.82) is 0 Å². The van der Waals surface area contributed by atoms with Gasteiger partial charge in [-0.25, -0.2) is 12.8 Å². The lowest BCUT2D eigenvalue weighted by molar-refractivity contribution is -0.121. The van der Waals surface area contributed by atoms with E-state index in [-0.39, 0.29) is 36.3 Å². The minimum absolute atomic E-state index is 0.0232. The monoisotopic (exact) mass is 398 g/mol. The van der Waals surface area contributed by atoms with Gasteiger partial charge in [-0.2, -0.15) is 9.29 Å². The van der Waals surface area contributed by atoms with E-state index >= 15 is 0 Å². The lowest BCUT2D eigenvalue weighted by atomic mass is 10.2. The molecule has 0 atom stereocenters. The number of nitrogens with one attached hydrogen (secondary N) is 1. The third-order valence-corrected chi connectivity index (χ3v) is 5.83. The molecule has 3 rings (SSSR count). The van der Waals surface area contributed by atoms with Gasteiger partial charge in [0.15, 0.2) is 0 Å². The van der Waals surface area contributed by atoms with Gasteiger partial charge in [0.2, 0.25) is 27.6 Å². The minimum Gasteiger partial charge on any atom is -0.379 e. The van der Waals surface area contributed by atoms with E-state index in [0.29, 0.717) is 31.9 Å². The summed E-state index contributed by atoms with van der Waals surface area (Å²) in [7, 11) is -3.49. The number of hydrogen-bond acceptors (Lipinski definition) is 7. The molecule has 0 radical (unpaired) electrons. The molecule has 9 nitrogen and oxygen atoms in total. The Morgan fingerprint density at radius 1 is 1.22 bits per heavy atom. The van der Waals surface area contributed by atoms with Gasteiger partial charge in [0.1, 0.15) is 5.82 Å². The molecule has 1 aliphatic heterocycles. The van der Waals surface area contributed by atoms with Gasteiger partial charge >= 0.3 is 0 Å². The third kappa shape index (κ3) is 5.31. The standard InChI is InChI=1S/C16H19FN4O5S/c17-13-3-1-12(2-4-13)16-19-15(26-20-16)11-18-14(22)5-10-27(23,24)21-6-8-25-9-7-21/h1-4H,5-11H2,(H,18,22). The first-order valence-electron chi connectivity index (χ1n) is 8.35. The number of morpholine rings is 1. The van der Waals surface area contributed by atoms with Crippen molar-refractivity contribution in [2.75, 3.05) is 32.1 Å². The van der Waals surface area contributed by atoms with Crippen molar-refractivity contribution in [2.24, 2.45) is 0 Å². The van der Waals surface area contributed by atoms with E-state index < -0.39 is 15.9 Å². The first-order chi connectivity index (χ1) is 12.9. The van der Waals surface area contributed by atoms with Crippen molar-refractivity contribution in [3.63, 3.8) is 0 Å². The van der Waals surface area contributed by atoms with E-state index in [9.17, 15) is 17.6 Å². The highest BCUT2D eigenvalue weighted by Crippen LogP contribution is 2.16. The molecule has 1 saturated heterocycles. The number of ether oxygens (including phenoxy) is 1.